The van der Waals surface area contributed by atoms with Crippen molar-refractivity contribution >= 4 is 11.9 Å². The summed E-state index contributed by atoms with van der Waals surface area (Å²) < 4.78 is 2.45. The number of fused-ring (bicyclic) bond motifs is 1. The fourth-order valence-electron chi connectivity index (χ4n) is 2.87. The first-order valence-electron chi connectivity index (χ1n) is 8.03. The van der Waals surface area contributed by atoms with E-state index >= 15 is 0 Å². The van der Waals surface area contributed by atoms with Gasteiger partial charge in [-0.05, 0) is 25.5 Å². The molecule has 1 aromatic heterocycles. The number of aliphatic carboxylic acids is 2. The summed E-state index contributed by atoms with van der Waals surface area (Å²) in [5.74, 6) is -2.51. The molecular weight excluding hydrogens is 320 g/mol. The van der Waals surface area contributed by atoms with Gasteiger partial charge in [-0.1, -0.05) is 30.3 Å². The first-order chi connectivity index (χ1) is 11.9. The second-order valence-corrected chi connectivity index (χ2v) is 5.77. The largest absolute Gasteiger partial charge is 0.478 e. The van der Waals surface area contributed by atoms with Crippen molar-refractivity contribution in [3.63, 3.8) is 0 Å². The monoisotopic (exact) mass is 342 g/mol. The predicted octanol–water partition coefficient (Wildman–Crippen LogP) is 2.84. The smallest absolute Gasteiger partial charge is 0.328 e. The van der Waals surface area contributed by atoms with Crippen molar-refractivity contribution in [3.05, 3.63) is 59.9 Å². The molecule has 0 spiro atoms. The number of carboxylic acids is 2. The van der Waals surface area contributed by atoms with Gasteiger partial charge in [0.25, 0.3) is 0 Å². The quantitative estimate of drug-likeness (QED) is 0.746. The lowest BCUT2D eigenvalue weighted by Crippen LogP contribution is -2.31. The molecule has 1 unspecified atom stereocenters. The van der Waals surface area contributed by atoms with Crippen LogP contribution in [0.25, 0.3) is 11.1 Å². The van der Waals surface area contributed by atoms with Crippen LogP contribution in [0.2, 0.25) is 0 Å². The van der Waals surface area contributed by atoms with E-state index in [1.54, 1.807) is 0 Å². The second-order valence-electron chi connectivity index (χ2n) is 5.77. The van der Waals surface area contributed by atoms with Gasteiger partial charge in [0.2, 0.25) is 0 Å². The Kier molecular flexibility index (Phi) is 6.14. The van der Waals surface area contributed by atoms with Crippen LogP contribution in [0.3, 0.4) is 0 Å². The topological polar surface area (TPSA) is 91.6 Å². The molecule has 2 heterocycles. The van der Waals surface area contributed by atoms with Gasteiger partial charge in [0.05, 0.1) is 0 Å². The maximum atomic E-state index is 9.55. The highest BCUT2D eigenvalue weighted by molar-refractivity contribution is 5.89. The maximum Gasteiger partial charge on any atom is 0.328 e. The Hall–Kier alpha value is -2.86. The van der Waals surface area contributed by atoms with Gasteiger partial charge in [-0.15, -0.1) is 0 Å². The van der Waals surface area contributed by atoms with Crippen molar-refractivity contribution in [2.24, 2.45) is 0 Å². The van der Waals surface area contributed by atoms with Gasteiger partial charge in [0.15, 0.2) is 0 Å². The molecule has 1 aliphatic rings. The number of nitrogens with one attached hydrogen (secondary N) is 1. The normalized spacial score (nSPS) is 16.0. The number of rotatable bonds is 3. The van der Waals surface area contributed by atoms with Gasteiger partial charge < -0.3 is 20.1 Å². The van der Waals surface area contributed by atoms with E-state index in [0.717, 1.165) is 13.1 Å². The molecule has 0 saturated carbocycles. The molecule has 1 atom stereocenters. The Balaban J connectivity index is 0.000000242. The van der Waals surface area contributed by atoms with Crippen LogP contribution in [-0.2, 0) is 16.1 Å². The lowest BCUT2D eigenvalue weighted by molar-refractivity contribution is -0.134. The SMILES string of the molecule is Cc1c(-c2ccccc2)cc2n1CCNC2C.O=C(O)C=CC(=O)O. The molecule has 0 amide bonds. The standard InChI is InChI=1S/C15H18N2.C4H4O4/c1-11-15-10-14(13-6-4-3-5-7-13)12(2)17(15)9-8-16-11;5-3(6)1-2-4(7)8/h3-7,10-11,16H,8-9H2,1-2H3;1-2H,(H,5,6)(H,7,8). The molecule has 0 fully saturated rings. The van der Waals surface area contributed by atoms with Crippen LogP contribution in [0.1, 0.15) is 24.4 Å². The van der Waals surface area contributed by atoms with Crippen molar-refractivity contribution in [1.29, 1.82) is 0 Å². The minimum atomic E-state index is -1.26. The fourth-order valence-corrected chi connectivity index (χ4v) is 2.87. The number of carbonyl (C=O) groups is 2. The Morgan fingerprint density at radius 2 is 1.76 bits per heavy atom. The Morgan fingerprint density at radius 1 is 1.16 bits per heavy atom. The highest BCUT2D eigenvalue weighted by atomic mass is 16.4. The average Bonchev–Trinajstić information content (AvgIpc) is 2.93. The third-order valence-electron chi connectivity index (χ3n) is 4.08. The molecule has 6 nitrogen and oxygen atoms in total. The predicted molar refractivity (Wildman–Crippen MR) is 95.4 cm³/mol. The van der Waals surface area contributed by atoms with Crippen LogP contribution in [0, 0.1) is 6.92 Å². The first kappa shape index (κ1) is 18.5. The number of hydrogen-bond acceptors (Lipinski definition) is 3. The van der Waals surface area contributed by atoms with E-state index in [9.17, 15) is 9.59 Å². The minimum Gasteiger partial charge on any atom is -0.478 e. The molecule has 1 aliphatic heterocycles. The van der Waals surface area contributed by atoms with E-state index in [1.165, 1.54) is 22.5 Å². The zero-order valence-corrected chi connectivity index (χ0v) is 14.3. The second kappa shape index (κ2) is 8.30. The van der Waals surface area contributed by atoms with Crippen LogP contribution in [0.15, 0.2) is 48.6 Å². The lowest BCUT2D eigenvalue weighted by atomic mass is 10.1. The van der Waals surface area contributed by atoms with Gasteiger partial charge in [-0.25, -0.2) is 9.59 Å². The Morgan fingerprint density at radius 3 is 2.28 bits per heavy atom. The average molecular weight is 342 g/mol. The van der Waals surface area contributed by atoms with Gasteiger partial charge in [-0.3, -0.25) is 0 Å². The fraction of sp³-hybridized carbons (Fsp3) is 0.263. The van der Waals surface area contributed by atoms with Crippen molar-refractivity contribution in [1.82, 2.24) is 9.88 Å². The first-order valence-corrected chi connectivity index (χ1v) is 8.03. The van der Waals surface area contributed by atoms with E-state index in [2.05, 4.69) is 60.1 Å². The van der Waals surface area contributed by atoms with Crippen LogP contribution < -0.4 is 5.32 Å². The molecule has 0 bridgehead atoms. The molecular formula is C19H22N2O4. The third-order valence-corrected chi connectivity index (χ3v) is 4.08. The molecule has 0 saturated heterocycles. The molecule has 3 N–H and O–H groups in total. The minimum absolute atomic E-state index is 0.458. The van der Waals surface area contributed by atoms with Crippen LogP contribution in [-0.4, -0.2) is 33.3 Å². The highest BCUT2D eigenvalue weighted by Crippen LogP contribution is 2.30. The number of benzene rings is 1. The van der Waals surface area contributed by atoms with Gasteiger partial charge in [-0.2, -0.15) is 0 Å². The van der Waals surface area contributed by atoms with Crippen LogP contribution in [0.4, 0.5) is 0 Å². The van der Waals surface area contributed by atoms with Crippen LogP contribution in [0.5, 0.6) is 0 Å². The molecule has 0 radical (unpaired) electrons. The molecule has 0 aliphatic carbocycles. The van der Waals surface area contributed by atoms with Gasteiger partial charge >= 0.3 is 11.9 Å². The number of hydrogen-bond donors (Lipinski definition) is 3. The zero-order valence-electron chi connectivity index (χ0n) is 14.3. The van der Waals surface area contributed by atoms with Gasteiger partial charge in [0.1, 0.15) is 0 Å². The molecule has 132 valence electrons. The number of aromatic nitrogens is 1. The summed E-state index contributed by atoms with van der Waals surface area (Å²) in [6.07, 6.45) is 1.12. The summed E-state index contributed by atoms with van der Waals surface area (Å²) in [5.41, 5.74) is 5.49. The Bertz CT molecular complexity index is 762. The maximum absolute atomic E-state index is 9.55. The van der Waals surface area contributed by atoms with Crippen molar-refractivity contribution in [2.75, 3.05) is 6.54 Å². The molecule has 25 heavy (non-hydrogen) atoms. The molecule has 3 rings (SSSR count). The van der Waals surface area contributed by atoms with Crippen molar-refractivity contribution in [3.8, 4) is 11.1 Å². The van der Waals surface area contributed by atoms with Crippen molar-refractivity contribution < 1.29 is 19.8 Å². The Labute approximate surface area is 146 Å². The summed E-state index contributed by atoms with van der Waals surface area (Å²) in [4.78, 5) is 19.1. The summed E-state index contributed by atoms with van der Waals surface area (Å²) in [5, 5.41) is 19.1. The van der Waals surface area contributed by atoms with E-state index in [0.29, 0.717) is 18.2 Å². The molecule has 1 aromatic carbocycles. The van der Waals surface area contributed by atoms with Gasteiger partial charge in [0, 0.05) is 48.2 Å². The highest BCUT2D eigenvalue weighted by Gasteiger charge is 2.20. The van der Waals surface area contributed by atoms with E-state index in [4.69, 9.17) is 10.2 Å². The molecule has 2 aromatic rings. The summed E-state index contributed by atoms with van der Waals surface area (Å²) in [7, 11) is 0. The molecule has 6 heteroatoms. The van der Waals surface area contributed by atoms with E-state index in [-0.39, 0.29) is 0 Å². The van der Waals surface area contributed by atoms with E-state index < -0.39 is 11.9 Å². The van der Waals surface area contributed by atoms with Crippen molar-refractivity contribution in [2.45, 2.75) is 26.4 Å². The summed E-state index contributed by atoms with van der Waals surface area (Å²) in [6, 6.07) is 13.4. The third kappa shape index (κ3) is 4.81. The van der Waals surface area contributed by atoms with Crippen LogP contribution >= 0.6 is 0 Å². The lowest BCUT2D eigenvalue weighted by Gasteiger charge is -2.24. The summed E-state index contributed by atoms with van der Waals surface area (Å²) in [6.45, 7) is 6.61. The van der Waals surface area contributed by atoms with E-state index in [1.807, 2.05) is 0 Å². The number of carboxylic acid groups (broad SMARTS) is 2. The summed E-state index contributed by atoms with van der Waals surface area (Å²) >= 11 is 0. The zero-order chi connectivity index (χ0) is 18.4. The number of nitrogens with zero attached hydrogens (tertiary/aromatic N) is 1.